The summed E-state index contributed by atoms with van der Waals surface area (Å²) < 4.78 is 0. The zero-order chi connectivity index (χ0) is 12.0. The third-order valence-electron chi connectivity index (χ3n) is 2.46. The van der Waals surface area contributed by atoms with Crippen LogP contribution >= 0.6 is 12.6 Å². The molecule has 0 aliphatic heterocycles. The highest BCUT2D eigenvalue weighted by atomic mass is 32.1. The molecule has 2 N–H and O–H groups in total. The van der Waals surface area contributed by atoms with Crippen LogP contribution in [0.4, 0.5) is 0 Å². The molecule has 0 aromatic heterocycles. The number of Topliss-reactive ketones (excluding diaryl/α,β-unsaturated/α-hetero) is 1. The fraction of sp³-hybridized carbons (Fsp3) is 0.417. The number of ketones is 1. The first-order valence-corrected chi connectivity index (χ1v) is 5.84. The van der Waals surface area contributed by atoms with Gasteiger partial charge in [0, 0.05) is 18.8 Å². The molecule has 0 unspecified atom stereocenters. The lowest BCUT2D eigenvalue weighted by atomic mass is 9.94. The average Bonchev–Trinajstić information content (AvgIpc) is 2.31. The molecule has 0 amide bonds. The Bertz CT molecular complexity index is 363. The van der Waals surface area contributed by atoms with Crippen LogP contribution in [0.3, 0.4) is 0 Å². The Morgan fingerprint density at radius 3 is 2.44 bits per heavy atom. The van der Waals surface area contributed by atoms with Crippen molar-refractivity contribution in [2.75, 3.05) is 19.0 Å². The first-order valence-electron chi connectivity index (χ1n) is 5.21. The number of hydrogen-bond donors (Lipinski definition) is 3. The molecule has 1 aromatic carbocycles. The Balaban J connectivity index is 3.15. The maximum absolute atomic E-state index is 11.6. The van der Waals surface area contributed by atoms with E-state index in [-0.39, 0.29) is 24.7 Å². The van der Waals surface area contributed by atoms with Crippen LogP contribution in [0.25, 0.3) is 0 Å². The minimum Gasteiger partial charge on any atom is -0.396 e. The summed E-state index contributed by atoms with van der Waals surface area (Å²) in [6.07, 6.45) is 0.939. The molecule has 0 saturated carbocycles. The molecule has 4 heteroatoms. The van der Waals surface area contributed by atoms with Crippen LogP contribution in [0.2, 0.25) is 0 Å². The Hall–Kier alpha value is -0.840. The number of aliphatic hydroxyl groups excluding tert-OH is 2. The summed E-state index contributed by atoms with van der Waals surface area (Å²) in [5, 5.41) is 17.9. The Morgan fingerprint density at radius 2 is 1.88 bits per heavy atom. The Kier molecular flexibility index (Phi) is 5.52. The fourth-order valence-electron chi connectivity index (χ4n) is 1.74. The molecule has 0 bridgehead atoms. The van der Waals surface area contributed by atoms with Crippen molar-refractivity contribution in [2.24, 2.45) is 0 Å². The van der Waals surface area contributed by atoms with E-state index in [0.29, 0.717) is 18.4 Å². The number of aliphatic hydroxyl groups is 2. The monoisotopic (exact) mass is 240 g/mol. The van der Waals surface area contributed by atoms with Crippen LogP contribution in [-0.2, 0) is 12.8 Å². The Morgan fingerprint density at radius 1 is 1.19 bits per heavy atom. The summed E-state index contributed by atoms with van der Waals surface area (Å²) in [7, 11) is 0. The van der Waals surface area contributed by atoms with Crippen molar-refractivity contribution in [1.29, 1.82) is 0 Å². The van der Waals surface area contributed by atoms with E-state index in [1.807, 2.05) is 6.07 Å². The van der Waals surface area contributed by atoms with Crippen LogP contribution in [0.5, 0.6) is 0 Å². The van der Waals surface area contributed by atoms with Gasteiger partial charge >= 0.3 is 0 Å². The van der Waals surface area contributed by atoms with Crippen LogP contribution in [0, 0.1) is 0 Å². The standard InChI is InChI=1S/C12H16O3S/c13-6-4-9-2-1-3-11(12(15)8-16)10(9)5-7-14/h1-3,13-14,16H,4-8H2. The normalized spacial score (nSPS) is 10.4. The largest absolute Gasteiger partial charge is 0.396 e. The van der Waals surface area contributed by atoms with Gasteiger partial charge in [-0.15, -0.1) is 0 Å². The molecule has 0 fully saturated rings. The first kappa shape index (κ1) is 13.2. The molecule has 3 nitrogen and oxygen atoms in total. The Labute approximate surface area is 101 Å². The summed E-state index contributed by atoms with van der Waals surface area (Å²) >= 11 is 3.97. The number of carbonyl (C=O) groups is 1. The molecule has 0 aliphatic carbocycles. The van der Waals surface area contributed by atoms with Crippen LogP contribution in [0.1, 0.15) is 21.5 Å². The minimum atomic E-state index is -0.0495. The van der Waals surface area contributed by atoms with Crippen molar-refractivity contribution in [3.8, 4) is 0 Å². The fourth-order valence-corrected chi connectivity index (χ4v) is 1.91. The first-order chi connectivity index (χ1) is 7.74. The van der Waals surface area contributed by atoms with Crippen LogP contribution in [-0.4, -0.2) is 35.0 Å². The summed E-state index contributed by atoms with van der Waals surface area (Å²) in [6.45, 7) is 0.0340. The molecule has 1 aromatic rings. The van der Waals surface area contributed by atoms with Gasteiger partial charge in [-0.05, 0) is 24.0 Å². The highest BCUT2D eigenvalue weighted by Crippen LogP contribution is 2.17. The second kappa shape index (κ2) is 6.68. The number of hydrogen-bond acceptors (Lipinski definition) is 4. The van der Waals surface area contributed by atoms with Crippen molar-refractivity contribution in [3.05, 3.63) is 34.9 Å². The van der Waals surface area contributed by atoms with Gasteiger partial charge in [-0.25, -0.2) is 0 Å². The molecule has 0 aliphatic rings. The van der Waals surface area contributed by atoms with Crippen LogP contribution in [0.15, 0.2) is 18.2 Å². The van der Waals surface area contributed by atoms with Gasteiger partial charge < -0.3 is 10.2 Å². The van der Waals surface area contributed by atoms with Gasteiger partial charge in [0.2, 0.25) is 0 Å². The summed E-state index contributed by atoms with van der Waals surface area (Å²) in [6, 6.07) is 5.41. The number of thiol groups is 1. The topological polar surface area (TPSA) is 57.5 Å². The predicted octanol–water partition coefficient (Wildman–Crippen LogP) is 0.869. The third kappa shape index (κ3) is 3.07. The van der Waals surface area contributed by atoms with Crippen molar-refractivity contribution in [3.63, 3.8) is 0 Å². The summed E-state index contributed by atoms with van der Waals surface area (Å²) in [4.78, 5) is 11.6. The average molecular weight is 240 g/mol. The molecule has 0 saturated heterocycles. The van der Waals surface area contributed by atoms with Crippen molar-refractivity contribution < 1.29 is 15.0 Å². The van der Waals surface area contributed by atoms with Gasteiger partial charge in [0.05, 0.1) is 5.75 Å². The summed E-state index contributed by atoms with van der Waals surface area (Å²) in [5.41, 5.74) is 2.36. The lowest BCUT2D eigenvalue weighted by Gasteiger charge is -2.12. The lowest BCUT2D eigenvalue weighted by molar-refractivity contribution is 0.102. The van der Waals surface area contributed by atoms with E-state index in [1.165, 1.54) is 0 Å². The second-order valence-electron chi connectivity index (χ2n) is 3.47. The highest BCUT2D eigenvalue weighted by Gasteiger charge is 2.12. The van der Waals surface area contributed by atoms with Gasteiger partial charge in [0.1, 0.15) is 0 Å². The van der Waals surface area contributed by atoms with E-state index in [4.69, 9.17) is 10.2 Å². The summed E-state index contributed by atoms with van der Waals surface area (Å²) in [5.74, 6) is 0.104. The second-order valence-corrected chi connectivity index (χ2v) is 3.79. The smallest absolute Gasteiger partial charge is 0.172 e. The van der Waals surface area contributed by atoms with Crippen LogP contribution < -0.4 is 0 Å². The molecule has 0 heterocycles. The molecule has 0 radical (unpaired) electrons. The van der Waals surface area contributed by atoms with Crippen molar-refractivity contribution >= 4 is 18.4 Å². The van der Waals surface area contributed by atoms with Gasteiger partial charge in [0.25, 0.3) is 0 Å². The van der Waals surface area contributed by atoms with E-state index in [2.05, 4.69) is 12.6 Å². The van der Waals surface area contributed by atoms with Gasteiger partial charge in [-0.1, -0.05) is 18.2 Å². The zero-order valence-electron chi connectivity index (χ0n) is 9.02. The number of benzene rings is 1. The number of rotatable bonds is 6. The molecular weight excluding hydrogens is 224 g/mol. The van der Waals surface area contributed by atoms with Gasteiger partial charge in [-0.2, -0.15) is 12.6 Å². The van der Waals surface area contributed by atoms with E-state index in [9.17, 15) is 4.79 Å². The molecule has 0 atom stereocenters. The molecule has 88 valence electrons. The maximum atomic E-state index is 11.6. The molecule has 1 rings (SSSR count). The van der Waals surface area contributed by atoms with Crippen molar-refractivity contribution in [1.82, 2.24) is 0 Å². The highest BCUT2D eigenvalue weighted by molar-refractivity contribution is 7.81. The molecule has 16 heavy (non-hydrogen) atoms. The lowest BCUT2D eigenvalue weighted by Crippen LogP contribution is -2.10. The predicted molar refractivity (Wildman–Crippen MR) is 66.2 cm³/mol. The van der Waals surface area contributed by atoms with E-state index in [1.54, 1.807) is 12.1 Å². The maximum Gasteiger partial charge on any atom is 0.172 e. The third-order valence-corrected chi connectivity index (χ3v) is 2.75. The van der Waals surface area contributed by atoms with Gasteiger partial charge in [-0.3, -0.25) is 4.79 Å². The molecule has 0 spiro atoms. The SMILES string of the molecule is O=C(CS)c1cccc(CCO)c1CCO. The quantitative estimate of drug-likeness (QED) is 0.511. The zero-order valence-corrected chi connectivity index (χ0v) is 9.91. The minimum absolute atomic E-state index is 0.00467. The van der Waals surface area contributed by atoms with E-state index in [0.717, 1.165) is 11.1 Å². The van der Waals surface area contributed by atoms with Gasteiger partial charge in [0.15, 0.2) is 5.78 Å². The molecular formula is C12H16O3S. The van der Waals surface area contributed by atoms with E-state index < -0.39 is 0 Å². The van der Waals surface area contributed by atoms with Crippen molar-refractivity contribution in [2.45, 2.75) is 12.8 Å². The van der Waals surface area contributed by atoms with E-state index >= 15 is 0 Å². The number of carbonyl (C=O) groups excluding carboxylic acids is 1.